The molecule has 15 heavy (non-hydrogen) atoms. The first kappa shape index (κ1) is 12.8. The van der Waals surface area contributed by atoms with E-state index in [-0.39, 0.29) is 10.0 Å². The third-order valence-electron chi connectivity index (χ3n) is 1.60. The fourth-order valence-electron chi connectivity index (χ4n) is 0.920. The Bertz CT molecular complexity index is 417. The number of carbonyl (C=O) groups excluding carboxylic acids is 1. The van der Waals surface area contributed by atoms with Crippen LogP contribution in [0.4, 0.5) is 13.2 Å². The lowest BCUT2D eigenvalue weighted by Gasteiger charge is -2.11. The number of hydrogen-bond donors (Lipinski definition) is 0. The number of rotatable bonds is 1. The number of carbonyl (C=O) groups is 1. The van der Waals surface area contributed by atoms with Gasteiger partial charge >= 0.3 is 6.18 Å². The van der Waals surface area contributed by atoms with Crippen LogP contribution in [0.3, 0.4) is 0 Å². The summed E-state index contributed by atoms with van der Waals surface area (Å²) in [5.74, 6) is 0. The van der Waals surface area contributed by atoms with Crippen LogP contribution in [0.25, 0.3) is 0 Å². The normalized spacial score (nSPS) is 11.6. The molecular weight excluding hydrogens is 320 g/mol. The maximum Gasteiger partial charge on any atom is 0.417 e. The van der Waals surface area contributed by atoms with Crippen LogP contribution in [0.5, 0.6) is 0 Å². The third-order valence-corrected chi connectivity index (χ3v) is 3.25. The van der Waals surface area contributed by atoms with Crippen LogP contribution < -0.4 is 0 Å². The highest BCUT2D eigenvalue weighted by Gasteiger charge is 2.34. The first-order chi connectivity index (χ1) is 6.75. The van der Waals surface area contributed by atoms with Crippen LogP contribution in [-0.4, -0.2) is 5.24 Å². The summed E-state index contributed by atoms with van der Waals surface area (Å²) in [5.41, 5.74) is -1.12. The lowest BCUT2D eigenvalue weighted by atomic mass is 10.1. The molecule has 0 fully saturated rings. The van der Waals surface area contributed by atoms with Crippen LogP contribution in [0.1, 0.15) is 15.9 Å². The predicted octanol–water partition coefficient (Wildman–Crippen LogP) is 4.50. The van der Waals surface area contributed by atoms with Gasteiger partial charge in [0.1, 0.15) is 0 Å². The van der Waals surface area contributed by atoms with Gasteiger partial charge in [-0.15, -0.1) is 0 Å². The number of hydrogen-bond acceptors (Lipinski definition) is 1. The van der Waals surface area contributed by atoms with E-state index in [1.165, 1.54) is 0 Å². The maximum absolute atomic E-state index is 12.3. The Labute approximate surface area is 101 Å². The Morgan fingerprint density at radius 3 is 2.27 bits per heavy atom. The van der Waals surface area contributed by atoms with Gasteiger partial charge in [0, 0.05) is 10.0 Å². The molecule has 0 aromatic heterocycles. The van der Waals surface area contributed by atoms with Gasteiger partial charge in [0.05, 0.1) is 10.6 Å². The van der Waals surface area contributed by atoms with Crippen molar-refractivity contribution in [3.05, 3.63) is 32.8 Å². The SMILES string of the molecule is O=C(Cl)c1ccc(C(F)(F)F)c(Cl)c1Br. The molecule has 0 spiro atoms. The summed E-state index contributed by atoms with van der Waals surface area (Å²) < 4.78 is 36.9. The molecule has 0 bridgehead atoms. The Balaban J connectivity index is 3.41. The summed E-state index contributed by atoms with van der Waals surface area (Å²) in [7, 11) is 0. The minimum absolute atomic E-state index is 0.102. The molecule has 0 aliphatic rings. The summed E-state index contributed by atoms with van der Waals surface area (Å²) in [6.07, 6.45) is -4.56. The molecule has 0 saturated carbocycles. The molecular formula is C8H2BrCl2F3O. The quantitative estimate of drug-likeness (QED) is 0.696. The summed E-state index contributed by atoms with van der Waals surface area (Å²) in [6.45, 7) is 0. The molecule has 0 aliphatic heterocycles. The molecule has 0 heterocycles. The number of benzene rings is 1. The van der Waals surface area contributed by atoms with Crippen molar-refractivity contribution in [1.29, 1.82) is 0 Å². The largest absolute Gasteiger partial charge is 0.417 e. The molecule has 1 aromatic rings. The molecule has 0 saturated heterocycles. The second kappa shape index (κ2) is 4.31. The number of alkyl halides is 3. The Kier molecular flexibility index (Phi) is 3.68. The van der Waals surface area contributed by atoms with E-state index in [9.17, 15) is 18.0 Å². The van der Waals surface area contributed by atoms with Crippen molar-refractivity contribution < 1.29 is 18.0 Å². The Hall–Kier alpha value is -0.260. The second-order valence-electron chi connectivity index (χ2n) is 2.56. The number of halogens is 6. The van der Waals surface area contributed by atoms with Crippen LogP contribution in [-0.2, 0) is 6.18 Å². The lowest BCUT2D eigenvalue weighted by molar-refractivity contribution is -0.137. The highest BCUT2D eigenvalue weighted by molar-refractivity contribution is 9.10. The van der Waals surface area contributed by atoms with Gasteiger partial charge in [-0.25, -0.2) is 0 Å². The van der Waals surface area contributed by atoms with Gasteiger partial charge in [-0.1, -0.05) is 11.6 Å². The summed E-state index contributed by atoms with van der Waals surface area (Å²) in [5, 5.41) is -1.45. The highest BCUT2D eigenvalue weighted by atomic mass is 79.9. The average molecular weight is 322 g/mol. The van der Waals surface area contributed by atoms with Crippen LogP contribution in [0.15, 0.2) is 16.6 Å². The fraction of sp³-hybridized carbons (Fsp3) is 0.125. The van der Waals surface area contributed by atoms with Gasteiger partial charge in [-0.05, 0) is 39.7 Å². The van der Waals surface area contributed by atoms with Gasteiger partial charge in [0.25, 0.3) is 5.24 Å². The monoisotopic (exact) mass is 320 g/mol. The zero-order valence-electron chi connectivity index (χ0n) is 6.83. The molecule has 0 atom stereocenters. The van der Waals surface area contributed by atoms with Crippen molar-refractivity contribution in [1.82, 2.24) is 0 Å². The minimum Gasteiger partial charge on any atom is -0.276 e. The van der Waals surface area contributed by atoms with E-state index >= 15 is 0 Å². The second-order valence-corrected chi connectivity index (χ2v) is 4.07. The molecule has 1 rings (SSSR count). The van der Waals surface area contributed by atoms with E-state index in [1.54, 1.807) is 0 Å². The Morgan fingerprint density at radius 2 is 1.87 bits per heavy atom. The Morgan fingerprint density at radius 1 is 1.33 bits per heavy atom. The van der Waals surface area contributed by atoms with Gasteiger partial charge in [-0.3, -0.25) is 4.79 Å². The van der Waals surface area contributed by atoms with Crippen molar-refractivity contribution in [2.45, 2.75) is 6.18 Å². The van der Waals surface area contributed by atoms with Crippen molar-refractivity contribution >= 4 is 44.4 Å². The minimum atomic E-state index is -4.56. The molecule has 7 heteroatoms. The average Bonchev–Trinajstić information content (AvgIpc) is 2.06. The van der Waals surface area contributed by atoms with Crippen molar-refractivity contribution in [3.8, 4) is 0 Å². The molecule has 0 amide bonds. The van der Waals surface area contributed by atoms with Crippen LogP contribution in [0.2, 0.25) is 5.02 Å². The van der Waals surface area contributed by atoms with Gasteiger partial charge < -0.3 is 0 Å². The molecule has 0 N–H and O–H groups in total. The first-order valence-electron chi connectivity index (χ1n) is 3.50. The zero-order chi connectivity index (χ0) is 11.8. The fourth-order valence-corrected chi connectivity index (χ4v) is 1.99. The lowest BCUT2D eigenvalue weighted by Crippen LogP contribution is -2.07. The third kappa shape index (κ3) is 2.65. The van der Waals surface area contributed by atoms with E-state index in [0.29, 0.717) is 6.07 Å². The van der Waals surface area contributed by atoms with Crippen LogP contribution >= 0.6 is 39.1 Å². The van der Waals surface area contributed by atoms with E-state index in [2.05, 4.69) is 15.9 Å². The topological polar surface area (TPSA) is 17.1 Å². The maximum atomic E-state index is 12.3. The van der Waals surface area contributed by atoms with E-state index in [4.69, 9.17) is 23.2 Å². The zero-order valence-corrected chi connectivity index (χ0v) is 9.93. The highest BCUT2D eigenvalue weighted by Crippen LogP contribution is 2.39. The molecule has 0 unspecified atom stereocenters. The van der Waals surface area contributed by atoms with Gasteiger partial charge in [0.2, 0.25) is 0 Å². The van der Waals surface area contributed by atoms with Crippen LogP contribution in [0, 0.1) is 0 Å². The van der Waals surface area contributed by atoms with Crippen molar-refractivity contribution in [2.75, 3.05) is 0 Å². The smallest absolute Gasteiger partial charge is 0.276 e. The van der Waals surface area contributed by atoms with Gasteiger partial charge in [0.15, 0.2) is 0 Å². The molecule has 1 nitrogen and oxygen atoms in total. The standard InChI is InChI=1S/C8H2BrCl2F3O/c9-5-3(7(11)15)1-2-4(6(5)10)8(12,13)14/h1-2H. The summed E-state index contributed by atoms with van der Waals surface area (Å²) in [6, 6.07) is 1.68. The molecule has 82 valence electrons. The van der Waals surface area contributed by atoms with Gasteiger partial charge in [-0.2, -0.15) is 13.2 Å². The summed E-state index contributed by atoms with van der Waals surface area (Å²) in [4.78, 5) is 10.8. The molecule has 0 aliphatic carbocycles. The van der Waals surface area contributed by atoms with Crippen molar-refractivity contribution in [2.24, 2.45) is 0 Å². The predicted molar refractivity (Wildman–Crippen MR) is 54.3 cm³/mol. The van der Waals surface area contributed by atoms with E-state index < -0.39 is 22.0 Å². The van der Waals surface area contributed by atoms with E-state index in [1.807, 2.05) is 0 Å². The van der Waals surface area contributed by atoms with Crippen molar-refractivity contribution in [3.63, 3.8) is 0 Å². The molecule has 0 radical (unpaired) electrons. The van der Waals surface area contributed by atoms with E-state index in [0.717, 1.165) is 6.07 Å². The first-order valence-corrected chi connectivity index (χ1v) is 5.05. The summed E-state index contributed by atoms with van der Waals surface area (Å²) >= 11 is 13.4. The molecule has 1 aromatic carbocycles.